The lowest BCUT2D eigenvalue weighted by Crippen LogP contribution is -2.45. The van der Waals surface area contributed by atoms with Crippen LogP contribution in [0.15, 0.2) is 28.7 Å². The lowest BCUT2D eigenvalue weighted by Gasteiger charge is -2.30. The van der Waals surface area contributed by atoms with Crippen LogP contribution in [0.3, 0.4) is 0 Å². The number of furan rings is 1. The predicted molar refractivity (Wildman–Crippen MR) is 103 cm³/mol. The predicted octanol–water partition coefficient (Wildman–Crippen LogP) is 2.68. The minimum Gasteiger partial charge on any atom is -0.490 e. The number of piperidine rings is 1. The number of ether oxygens (including phenoxy) is 1. The van der Waals surface area contributed by atoms with Crippen molar-refractivity contribution in [2.45, 2.75) is 32.7 Å². The lowest BCUT2D eigenvalue weighted by molar-refractivity contribution is -0.126. The van der Waals surface area contributed by atoms with Crippen LogP contribution in [0.25, 0.3) is 11.0 Å². The minimum absolute atomic E-state index is 0.152. The van der Waals surface area contributed by atoms with Gasteiger partial charge in [-0.15, -0.1) is 0 Å². The highest BCUT2D eigenvalue weighted by atomic mass is 32.2. The van der Waals surface area contributed by atoms with E-state index in [9.17, 15) is 13.2 Å². The number of sulfonamides is 1. The molecule has 1 aromatic carbocycles. The molecule has 27 heavy (non-hydrogen) atoms. The summed E-state index contributed by atoms with van der Waals surface area (Å²) in [5.41, 5.74) is 0.663. The number of para-hydroxylation sites is 1. The molecule has 0 saturated carbocycles. The Balaban J connectivity index is 1.71. The monoisotopic (exact) mass is 394 g/mol. The molecule has 148 valence electrons. The van der Waals surface area contributed by atoms with Crippen LogP contribution < -0.4 is 10.1 Å². The Kier molecular flexibility index (Phi) is 5.76. The standard InChI is InChI=1S/C19H26N2O5S/c1-4-25-16-9-5-7-14-11-17(26-18(14)16)13(2)20-19(22)15-8-6-10-21(12-15)27(3,23)24/h5,7,9,11,13,15H,4,6,8,10,12H2,1-3H3,(H,20,22). The first-order valence-corrected chi connectivity index (χ1v) is 11.0. The third kappa shape index (κ3) is 4.44. The molecule has 1 aliphatic heterocycles. The number of hydrogen-bond donors (Lipinski definition) is 1. The molecule has 1 fully saturated rings. The SMILES string of the molecule is CCOc1cccc2cc(C(C)NC(=O)C3CCCN(S(C)(=O)=O)C3)oc12. The van der Waals surface area contributed by atoms with Crippen LogP contribution in [-0.4, -0.2) is 44.6 Å². The second-order valence-corrected chi connectivity index (χ2v) is 8.93. The van der Waals surface area contributed by atoms with Gasteiger partial charge in [0.2, 0.25) is 15.9 Å². The number of nitrogens with zero attached hydrogens (tertiary/aromatic N) is 1. The summed E-state index contributed by atoms with van der Waals surface area (Å²) in [7, 11) is -3.28. The van der Waals surface area contributed by atoms with Crippen LogP contribution in [0.5, 0.6) is 5.75 Å². The number of carbonyl (C=O) groups excluding carboxylic acids is 1. The maximum Gasteiger partial charge on any atom is 0.225 e. The van der Waals surface area contributed by atoms with E-state index in [2.05, 4.69) is 5.32 Å². The van der Waals surface area contributed by atoms with Crippen LogP contribution in [0.4, 0.5) is 0 Å². The first kappa shape index (κ1) is 19.7. The summed E-state index contributed by atoms with van der Waals surface area (Å²) >= 11 is 0. The zero-order chi connectivity index (χ0) is 19.6. The Morgan fingerprint density at radius 2 is 2.22 bits per heavy atom. The van der Waals surface area contributed by atoms with Crippen molar-refractivity contribution in [3.05, 3.63) is 30.0 Å². The van der Waals surface area contributed by atoms with E-state index in [1.165, 1.54) is 10.6 Å². The Bertz CT molecular complexity index is 921. The number of fused-ring (bicyclic) bond motifs is 1. The molecule has 1 saturated heterocycles. The van der Waals surface area contributed by atoms with E-state index >= 15 is 0 Å². The van der Waals surface area contributed by atoms with Gasteiger partial charge >= 0.3 is 0 Å². The summed E-state index contributed by atoms with van der Waals surface area (Å²) in [5, 5.41) is 3.87. The Labute approximate surface area is 159 Å². The Morgan fingerprint density at radius 3 is 2.93 bits per heavy atom. The van der Waals surface area contributed by atoms with Crippen molar-refractivity contribution in [2.75, 3.05) is 26.0 Å². The van der Waals surface area contributed by atoms with Crippen molar-refractivity contribution in [2.24, 2.45) is 5.92 Å². The second-order valence-electron chi connectivity index (χ2n) is 6.95. The summed E-state index contributed by atoms with van der Waals surface area (Å²) in [5.74, 6) is 0.817. The Hall–Kier alpha value is -2.06. The van der Waals surface area contributed by atoms with Crippen LogP contribution >= 0.6 is 0 Å². The molecule has 3 rings (SSSR count). The van der Waals surface area contributed by atoms with E-state index in [1.54, 1.807) is 0 Å². The number of hydrogen-bond acceptors (Lipinski definition) is 5. The van der Waals surface area contributed by atoms with E-state index in [0.29, 0.717) is 43.1 Å². The van der Waals surface area contributed by atoms with Crippen LogP contribution in [-0.2, 0) is 14.8 Å². The molecule has 2 heterocycles. The number of rotatable bonds is 6. The first-order chi connectivity index (χ1) is 12.8. The molecular weight excluding hydrogens is 368 g/mol. The fourth-order valence-electron chi connectivity index (χ4n) is 3.40. The zero-order valence-electron chi connectivity index (χ0n) is 15.9. The smallest absolute Gasteiger partial charge is 0.225 e. The average Bonchev–Trinajstić information content (AvgIpc) is 3.07. The molecule has 2 aromatic rings. The lowest BCUT2D eigenvalue weighted by atomic mass is 9.98. The maximum absolute atomic E-state index is 12.6. The van der Waals surface area contributed by atoms with Gasteiger partial charge in [-0.25, -0.2) is 12.7 Å². The van der Waals surface area contributed by atoms with Crippen LogP contribution in [0.2, 0.25) is 0 Å². The average molecular weight is 394 g/mol. The fraction of sp³-hybridized carbons (Fsp3) is 0.526. The molecular formula is C19H26N2O5S. The van der Waals surface area contributed by atoms with Crippen LogP contribution in [0, 0.1) is 5.92 Å². The van der Waals surface area contributed by atoms with Crippen molar-refractivity contribution in [3.63, 3.8) is 0 Å². The Morgan fingerprint density at radius 1 is 1.44 bits per heavy atom. The molecule has 0 bridgehead atoms. The molecule has 0 spiro atoms. The van der Waals surface area contributed by atoms with Gasteiger partial charge in [0.15, 0.2) is 11.3 Å². The molecule has 1 amide bonds. The molecule has 1 aromatic heterocycles. The van der Waals surface area contributed by atoms with Gasteiger partial charge in [0, 0.05) is 18.5 Å². The highest BCUT2D eigenvalue weighted by molar-refractivity contribution is 7.88. The molecule has 0 aliphatic carbocycles. The highest BCUT2D eigenvalue weighted by Crippen LogP contribution is 2.31. The minimum atomic E-state index is -3.28. The second kappa shape index (κ2) is 7.90. The van der Waals surface area contributed by atoms with Gasteiger partial charge in [-0.2, -0.15) is 0 Å². The molecule has 8 heteroatoms. The number of amides is 1. The molecule has 0 radical (unpaired) electrons. The molecule has 1 N–H and O–H groups in total. The topological polar surface area (TPSA) is 88.9 Å². The van der Waals surface area contributed by atoms with Gasteiger partial charge in [-0.3, -0.25) is 4.79 Å². The summed E-state index contributed by atoms with van der Waals surface area (Å²) in [6.07, 6.45) is 2.54. The third-order valence-corrected chi connectivity index (χ3v) is 6.11. The van der Waals surface area contributed by atoms with Crippen molar-refractivity contribution in [3.8, 4) is 5.75 Å². The van der Waals surface area contributed by atoms with Crippen molar-refractivity contribution in [1.29, 1.82) is 0 Å². The largest absolute Gasteiger partial charge is 0.490 e. The van der Waals surface area contributed by atoms with E-state index in [-0.39, 0.29) is 24.4 Å². The normalized spacial score (nSPS) is 19.7. The molecule has 2 unspecified atom stereocenters. The van der Waals surface area contributed by atoms with Gasteiger partial charge < -0.3 is 14.5 Å². The fourth-order valence-corrected chi connectivity index (χ4v) is 4.31. The number of benzene rings is 1. The van der Waals surface area contributed by atoms with Gasteiger partial charge in [-0.1, -0.05) is 12.1 Å². The molecule has 1 aliphatic rings. The van der Waals surface area contributed by atoms with Gasteiger partial charge in [-0.05, 0) is 38.8 Å². The number of nitrogens with one attached hydrogen (secondary N) is 1. The summed E-state index contributed by atoms with van der Waals surface area (Å²) in [6, 6.07) is 7.26. The summed E-state index contributed by atoms with van der Waals surface area (Å²) < 4.78 is 36.4. The third-order valence-electron chi connectivity index (χ3n) is 4.84. The van der Waals surface area contributed by atoms with E-state index in [1.807, 2.05) is 38.1 Å². The van der Waals surface area contributed by atoms with E-state index in [4.69, 9.17) is 9.15 Å². The maximum atomic E-state index is 12.6. The zero-order valence-corrected chi connectivity index (χ0v) is 16.7. The van der Waals surface area contributed by atoms with Gasteiger partial charge in [0.05, 0.1) is 24.8 Å². The van der Waals surface area contributed by atoms with Crippen LogP contribution in [0.1, 0.15) is 38.5 Å². The highest BCUT2D eigenvalue weighted by Gasteiger charge is 2.31. The van der Waals surface area contributed by atoms with E-state index < -0.39 is 10.0 Å². The summed E-state index contributed by atoms with van der Waals surface area (Å²) in [4.78, 5) is 12.6. The van der Waals surface area contributed by atoms with Crippen molar-refractivity contribution >= 4 is 26.9 Å². The summed E-state index contributed by atoms with van der Waals surface area (Å²) in [6.45, 7) is 5.01. The first-order valence-electron chi connectivity index (χ1n) is 9.20. The van der Waals surface area contributed by atoms with E-state index in [0.717, 1.165) is 5.39 Å². The van der Waals surface area contributed by atoms with Crippen molar-refractivity contribution < 1.29 is 22.4 Å². The molecule has 7 nitrogen and oxygen atoms in total. The number of carbonyl (C=O) groups is 1. The quantitative estimate of drug-likeness (QED) is 0.814. The van der Waals surface area contributed by atoms with Gasteiger partial charge in [0.1, 0.15) is 5.76 Å². The van der Waals surface area contributed by atoms with Crippen molar-refractivity contribution in [1.82, 2.24) is 9.62 Å². The molecule has 2 atom stereocenters. The van der Waals surface area contributed by atoms with Gasteiger partial charge in [0.25, 0.3) is 0 Å².